The highest BCUT2D eigenvalue weighted by atomic mass is 19.1. The highest BCUT2D eigenvalue weighted by molar-refractivity contribution is 5.95. The number of aryl methyl sites for hydroxylation is 1. The standard InChI is InChI=1S/C19H23FN2O/c1-3-22(17-8-5-4-6-9-17)13-7-12-21-19(23)18-14-16(20)11-10-15(18)2/h4-6,8-11,14H,3,7,12-13H2,1-2H3,(H,21,23). The Morgan fingerprint density at radius 3 is 2.61 bits per heavy atom. The largest absolute Gasteiger partial charge is 0.372 e. The monoisotopic (exact) mass is 314 g/mol. The maximum atomic E-state index is 13.2. The molecular formula is C19H23FN2O. The molecule has 1 amide bonds. The summed E-state index contributed by atoms with van der Waals surface area (Å²) in [7, 11) is 0. The van der Waals surface area contributed by atoms with Gasteiger partial charge in [-0.15, -0.1) is 0 Å². The van der Waals surface area contributed by atoms with Crippen molar-refractivity contribution in [3.8, 4) is 0 Å². The van der Waals surface area contributed by atoms with E-state index >= 15 is 0 Å². The Labute approximate surface area is 137 Å². The molecule has 2 rings (SSSR count). The number of amides is 1. The van der Waals surface area contributed by atoms with Gasteiger partial charge in [-0.25, -0.2) is 4.39 Å². The first-order chi connectivity index (χ1) is 11.1. The summed E-state index contributed by atoms with van der Waals surface area (Å²) in [6.07, 6.45) is 0.836. The van der Waals surface area contributed by atoms with E-state index in [0.717, 1.165) is 25.1 Å². The summed E-state index contributed by atoms with van der Waals surface area (Å²) in [6.45, 7) is 6.27. The molecule has 23 heavy (non-hydrogen) atoms. The average Bonchev–Trinajstić information content (AvgIpc) is 2.57. The molecule has 0 aliphatic heterocycles. The third-order valence-electron chi connectivity index (χ3n) is 3.84. The number of benzene rings is 2. The lowest BCUT2D eigenvalue weighted by atomic mass is 10.1. The molecular weight excluding hydrogens is 291 g/mol. The molecule has 0 bridgehead atoms. The lowest BCUT2D eigenvalue weighted by Crippen LogP contribution is -2.30. The van der Waals surface area contributed by atoms with Gasteiger partial charge in [0, 0.05) is 30.9 Å². The zero-order valence-electron chi connectivity index (χ0n) is 13.7. The molecule has 3 nitrogen and oxygen atoms in total. The van der Waals surface area contributed by atoms with Gasteiger partial charge in [-0.1, -0.05) is 24.3 Å². The number of halogens is 1. The van der Waals surface area contributed by atoms with Crippen molar-refractivity contribution in [3.05, 3.63) is 65.5 Å². The molecule has 0 aliphatic rings. The third kappa shape index (κ3) is 4.81. The maximum absolute atomic E-state index is 13.2. The number of carbonyl (C=O) groups is 1. The van der Waals surface area contributed by atoms with Gasteiger partial charge in [0.1, 0.15) is 5.82 Å². The summed E-state index contributed by atoms with van der Waals surface area (Å²) in [4.78, 5) is 14.4. The summed E-state index contributed by atoms with van der Waals surface area (Å²) >= 11 is 0. The highest BCUT2D eigenvalue weighted by Gasteiger charge is 2.10. The Bertz CT molecular complexity index is 643. The van der Waals surface area contributed by atoms with Gasteiger partial charge in [0.2, 0.25) is 0 Å². The zero-order valence-corrected chi connectivity index (χ0v) is 13.7. The summed E-state index contributed by atoms with van der Waals surface area (Å²) in [6, 6.07) is 14.5. The molecule has 122 valence electrons. The van der Waals surface area contributed by atoms with E-state index < -0.39 is 0 Å². The first-order valence-corrected chi connectivity index (χ1v) is 7.96. The second-order valence-corrected chi connectivity index (χ2v) is 5.48. The molecule has 0 saturated carbocycles. The van der Waals surface area contributed by atoms with Gasteiger partial charge in [-0.2, -0.15) is 0 Å². The van der Waals surface area contributed by atoms with Crippen molar-refractivity contribution in [2.45, 2.75) is 20.3 Å². The second-order valence-electron chi connectivity index (χ2n) is 5.48. The SMILES string of the molecule is CCN(CCCNC(=O)c1cc(F)ccc1C)c1ccccc1. The topological polar surface area (TPSA) is 32.3 Å². The van der Waals surface area contributed by atoms with Crippen LogP contribution in [0.1, 0.15) is 29.3 Å². The number of hydrogen-bond acceptors (Lipinski definition) is 2. The number of para-hydroxylation sites is 1. The molecule has 2 aromatic rings. The van der Waals surface area contributed by atoms with Crippen molar-refractivity contribution in [2.24, 2.45) is 0 Å². The Morgan fingerprint density at radius 1 is 1.17 bits per heavy atom. The van der Waals surface area contributed by atoms with Crippen LogP contribution in [-0.4, -0.2) is 25.5 Å². The fourth-order valence-electron chi connectivity index (χ4n) is 2.51. The van der Waals surface area contributed by atoms with Crippen molar-refractivity contribution in [3.63, 3.8) is 0 Å². The van der Waals surface area contributed by atoms with Crippen LogP contribution in [0.25, 0.3) is 0 Å². The molecule has 1 N–H and O–H groups in total. The van der Waals surface area contributed by atoms with Crippen LogP contribution in [0.5, 0.6) is 0 Å². The number of nitrogens with one attached hydrogen (secondary N) is 1. The number of hydrogen-bond donors (Lipinski definition) is 1. The van der Waals surface area contributed by atoms with Gasteiger partial charge in [-0.05, 0) is 50.1 Å². The minimum atomic E-state index is -0.387. The average molecular weight is 314 g/mol. The molecule has 0 aromatic heterocycles. The van der Waals surface area contributed by atoms with Crippen molar-refractivity contribution >= 4 is 11.6 Å². The van der Waals surface area contributed by atoms with Gasteiger partial charge in [-0.3, -0.25) is 4.79 Å². The van der Waals surface area contributed by atoms with Crippen molar-refractivity contribution in [1.82, 2.24) is 5.32 Å². The molecule has 2 aromatic carbocycles. The normalized spacial score (nSPS) is 10.4. The van der Waals surface area contributed by atoms with Crippen molar-refractivity contribution in [1.29, 1.82) is 0 Å². The van der Waals surface area contributed by atoms with E-state index in [9.17, 15) is 9.18 Å². The number of rotatable bonds is 7. The first-order valence-electron chi connectivity index (χ1n) is 7.96. The van der Waals surface area contributed by atoms with Gasteiger partial charge >= 0.3 is 0 Å². The minimum Gasteiger partial charge on any atom is -0.372 e. The van der Waals surface area contributed by atoms with E-state index in [-0.39, 0.29) is 11.7 Å². The Morgan fingerprint density at radius 2 is 1.91 bits per heavy atom. The van der Waals surface area contributed by atoms with Crippen LogP contribution in [-0.2, 0) is 0 Å². The summed E-state index contributed by atoms with van der Waals surface area (Å²) < 4.78 is 13.2. The van der Waals surface area contributed by atoms with E-state index in [0.29, 0.717) is 12.1 Å². The first kappa shape index (κ1) is 17.0. The fourth-order valence-corrected chi connectivity index (χ4v) is 2.51. The predicted octanol–water partition coefficient (Wildman–Crippen LogP) is 3.78. The summed E-state index contributed by atoms with van der Waals surface area (Å²) in [5.74, 6) is -0.605. The van der Waals surface area contributed by atoms with Gasteiger partial charge in [0.25, 0.3) is 5.91 Å². The van der Waals surface area contributed by atoms with Crippen LogP contribution in [0.2, 0.25) is 0 Å². The Balaban J connectivity index is 1.82. The minimum absolute atomic E-state index is 0.218. The lowest BCUT2D eigenvalue weighted by molar-refractivity contribution is 0.0952. The molecule has 0 fully saturated rings. The number of anilines is 1. The van der Waals surface area contributed by atoms with Crippen molar-refractivity contribution in [2.75, 3.05) is 24.5 Å². The molecule has 0 radical (unpaired) electrons. The smallest absolute Gasteiger partial charge is 0.251 e. The summed E-state index contributed by atoms with van der Waals surface area (Å²) in [5.41, 5.74) is 2.37. The van der Waals surface area contributed by atoms with Crippen molar-refractivity contribution < 1.29 is 9.18 Å². The zero-order chi connectivity index (χ0) is 16.7. The van der Waals surface area contributed by atoms with E-state index in [2.05, 4.69) is 29.3 Å². The van der Waals surface area contributed by atoms with Gasteiger partial charge in [0.15, 0.2) is 0 Å². The van der Waals surface area contributed by atoms with Crippen LogP contribution in [0.3, 0.4) is 0 Å². The van der Waals surface area contributed by atoms with E-state index in [4.69, 9.17) is 0 Å². The Kier molecular flexibility index (Phi) is 6.15. The lowest BCUT2D eigenvalue weighted by Gasteiger charge is -2.23. The number of nitrogens with zero attached hydrogens (tertiary/aromatic N) is 1. The molecule has 4 heteroatoms. The van der Waals surface area contributed by atoms with Crippen LogP contribution in [0.4, 0.5) is 10.1 Å². The molecule has 0 atom stereocenters. The van der Waals surface area contributed by atoms with Crippen LogP contribution in [0, 0.1) is 12.7 Å². The quantitative estimate of drug-likeness (QED) is 0.789. The third-order valence-corrected chi connectivity index (χ3v) is 3.84. The molecule has 0 saturated heterocycles. The molecule has 0 aliphatic carbocycles. The fraction of sp³-hybridized carbons (Fsp3) is 0.316. The second kappa shape index (κ2) is 8.32. The molecule has 0 unspecified atom stereocenters. The predicted molar refractivity (Wildman–Crippen MR) is 92.4 cm³/mol. The van der Waals surface area contributed by atoms with Crippen LogP contribution >= 0.6 is 0 Å². The van der Waals surface area contributed by atoms with E-state index in [1.165, 1.54) is 17.8 Å². The molecule has 0 spiro atoms. The summed E-state index contributed by atoms with van der Waals surface area (Å²) in [5, 5.41) is 2.87. The van der Waals surface area contributed by atoms with E-state index in [1.54, 1.807) is 6.07 Å². The van der Waals surface area contributed by atoms with Crippen LogP contribution < -0.4 is 10.2 Å². The van der Waals surface area contributed by atoms with Gasteiger partial charge < -0.3 is 10.2 Å². The Hall–Kier alpha value is -2.36. The number of carbonyl (C=O) groups excluding carboxylic acids is 1. The van der Waals surface area contributed by atoms with E-state index in [1.807, 2.05) is 25.1 Å². The van der Waals surface area contributed by atoms with Crippen LogP contribution in [0.15, 0.2) is 48.5 Å². The van der Waals surface area contributed by atoms with Gasteiger partial charge in [0.05, 0.1) is 0 Å². The molecule has 0 heterocycles. The highest BCUT2D eigenvalue weighted by Crippen LogP contribution is 2.13. The maximum Gasteiger partial charge on any atom is 0.251 e.